The van der Waals surface area contributed by atoms with Crippen molar-refractivity contribution in [2.45, 2.75) is 37.1 Å². The number of likely N-dealkylation sites (tertiary alicyclic amines) is 1. The normalized spacial score (nSPS) is 21.5. The van der Waals surface area contributed by atoms with Gasteiger partial charge in [-0.2, -0.15) is 0 Å². The molecule has 6 nitrogen and oxygen atoms in total. The van der Waals surface area contributed by atoms with E-state index in [1.165, 1.54) is 32.1 Å². The predicted molar refractivity (Wildman–Crippen MR) is 94.0 cm³/mol. The number of hydrogen-bond acceptors (Lipinski definition) is 3. The summed E-state index contributed by atoms with van der Waals surface area (Å²) in [4.78, 5) is 13.9. The SMILES string of the molecule is CCC[NH+]1CCC(NC(=O)c2ccc(Cl)c(S(=O)(=O)NC)c2)CC1. The highest BCUT2D eigenvalue weighted by atomic mass is 35.5. The van der Waals surface area contributed by atoms with Crippen LogP contribution in [0.4, 0.5) is 0 Å². The molecule has 1 aromatic carbocycles. The van der Waals surface area contributed by atoms with E-state index >= 15 is 0 Å². The first-order valence-electron chi connectivity index (χ1n) is 8.25. The van der Waals surface area contributed by atoms with Crippen molar-refractivity contribution in [3.63, 3.8) is 0 Å². The first kappa shape index (κ1) is 19.2. The maximum Gasteiger partial charge on any atom is 0.251 e. The van der Waals surface area contributed by atoms with Crippen molar-refractivity contribution in [3.05, 3.63) is 28.8 Å². The van der Waals surface area contributed by atoms with Gasteiger partial charge in [0.25, 0.3) is 5.91 Å². The van der Waals surface area contributed by atoms with Gasteiger partial charge in [-0.25, -0.2) is 13.1 Å². The average Bonchev–Trinajstić information content (AvgIpc) is 2.57. The molecule has 0 radical (unpaired) electrons. The lowest BCUT2D eigenvalue weighted by Crippen LogP contribution is -3.13. The summed E-state index contributed by atoms with van der Waals surface area (Å²) >= 11 is 5.95. The summed E-state index contributed by atoms with van der Waals surface area (Å²) in [7, 11) is -2.39. The number of quaternary nitrogens is 1. The fourth-order valence-corrected chi connectivity index (χ4v) is 4.25. The van der Waals surface area contributed by atoms with Crippen LogP contribution >= 0.6 is 11.6 Å². The van der Waals surface area contributed by atoms with Crippen molar-refractivity contribution < 1.29 is 18.1 Å². The number of carbonyl (C=O) groups excluding carboxylic acids is 1. The van der Waals surface area contributed by atoms with Crippen LogP contribution in [0.2, 0.25) is 5.02 Å². The van der Waals surface area contributed by atoms with Crippen LogP contribution in [0, 0.1) is 0 Å². The maximum absolute atomic E-state index is 12.4. The summed E-state index contributed by atoms with van der Waals surface area (Å²) < 4.78 is 26.1. The van der Waals surface area contributed by atoms with Crippen molar-refractivity contribution in [1.82, 2.24) is 10.0 Å². The number of hydrogen-bond donors (Lipinski definition) is 3. The molecule has 0 spiro atoms. The van der Waals surface area contributed by atoms with Gasteiger partial charge in [-0.05, 0) is 31.7 Å². The molecular weight excluding hydrogens is 350 g/mol. The molecule has 0 aromatic heterocycles. The van der Waals surface area contributed by atoms with Crippen LogP contribution in [0.15, 0.2) is 23.1 Å². The Hall–Kier alpha value is -1.15. The molecule has 1 heterocycles. The second-order valence-corrected chi connectivity index (χ2v) is 8.36. The molecule has 1 saturated heterocycles. The van der Waals surface area contributed by atoms with Gasteiger partial charge in [0.1, 0.15) is 4.90 Å². The van der Waals surface area contributed by atoms with Crippen LogP contribution < -0.4 is 14.9 Å². The number of piperidine rings is 1. The zero-order chi connectivity index (χ0) is 17.7. The molecule has 0 unspecified atom stereocenters. The van der Waals surface area contributed by atoms with Crippen LogP contribution in [-0.4, -0.2) is 47.0 Å². The molecule has 24 heavy (non-hydrogen) atoms. The zero-order valence-corrected chi connectivity index (χ0v) is 15.6. The molecule has 8 heteroatoms. The van der Waals surface area contributed by atoms with E-state index in [2.05, 4.69) is 17.0 Å². The minimum Gasteiger partial charge on any atom is -0.349 e. The summed E-state index contributed by atoms with van der Waals surface area (Å²) in [6, 6.07) is 4.44. The molecule has 0 atom stereocenters. The van der Waals surface area contributed by atoms with E-state index in [4.69, 9.17) is 11.6 Å². The van der Waals surface area contributed by atoms with Crippen LogP contribution in [-0.2, 0) is 10.0 Å². The number of amides is 1. The third-order valence-corrected chi connectivity index (χ3v) is 6.28. The summed E-state index contributed by atoms with van der Waals surface area (Å²) in [5.41, 5.74) is 0.302. The fraction of sp³-hybridized carbons (Fsp3) is 0.562. The molecule has 134 valence electrons. The largest absolute Gasteiger partial charge is 0.349 e. The Morgan fingerprint density at radius 1 is 1.33 bits per heavy atom. The first-order valence-corrected chi connectivity index (χ1v) is 10.1. The summed E-state index contributed by atoms with van der Waals surface area (Å²) in [5, 5.41) is 3.10. The van der Waals surface area contributed by atoms with Crippen LogP contribution in [0.3, 0.4) is 0 Å². The topological polar surface area (TPSA) is 79.7 Å². The van der Waals surface area contributed by atoms with Crippen LogP contribution in [0.1, 0.15) is 36.5 Å². The standard InChI is InChI=1S/C16H24ClN3O3S/c1-3-8-20-9-6-13(7-10-20)19-16(21)12-4-5-14(17)15(11-12)24(22,23)18-2/h4-5,11,13,18H,3,6-10H2,1-2H3,(H,19,21)/p+1. The Labute approximate surface area is 148 Å². The summed E-state index contributed by atoms with van der Waals surface area (Å²) in [6.07, 6.45) is 3.05. The van der Waals surface area contributed by atoms with Gasteiger partial charge in [-0.15, -0.1) is 0 Å². The predicted octanol–water partition coefficient (Wildman–Crippen LogP) is 0.435. The number of carbonyl (C=O) groups is 1. The van der Waals surface area contributed by atoms with Gasteiger partial charge < -0.3 is 10.2 Å². The molecule has 1 aromatic rings. The van der Waals surface area contributed by atoms with Gasteiger partial charge in [0.2, 0.25) is 10.0 Å². The van der Waals surface area contributed by atoms with Gasteiger partial charge in [-0.1, -0.05) is 18.5 Å². The minimum atomic E-state index is -3.70. The fourth-order valence-electron chi connectivity index (χ4n) is 3.00. The Balaban J connectivity index is 2.05. The second kappa shape index (κ2) is 8.29. The van der Waals surface area contributed by atoms with E-state index in [0.29, 0.717) is 5.56 Å². The van der Waals surface area contributed by atoms with Gasteiger partial charge >= 0.3 is 0 Å². The Bertz CT molecular complexity index is 686. The monoisotopic (exact) mass is 374 g/mol. The van der Waals surface area contributed by atoms with Crippen LogP contribution in [0.25, 0.3) is 0 Å². The van der Waals surface area contributed by atoms with Crippen molar-refractivity contribution >= 4 is 27.5 Å². The number of nitrogens with one attached hydrogen (secondary N) is 3. The van der Waals surface area contributed by atoms with Gasteiger partial charge in [0.05, 0.1) is 24.7 Å². The highest BCUT2D eigenvalue weighted by molar-refractivity contribution is 7.89. The molecule has 0 bridgehead atoms. The summed E-state index contributed by atoms with van der Waals surface area (Å²) in [5.74, 6) is -0.261. The maximum atomic E-state index is 12.4. The smallest absolute Gasteiger partial charge is 0.251 e. The number of sulfonamides is 1. The quantitative estimate of drug-likeness (QED) is 0.675. The van der Waals surface area contributed by atoms with Gasteiger partial charge in [0, 0.05) is 24.4 Å². The average molecular weight is 375 g/mol. The third kappa shape index (κ3) is 4.69. The first-order chi connectivity index (χ1) is 11.4. The highest BCUT2D eigenvalue weighted by Gasteiger charge is 2.24. The Morgan fingerprint density at radius 3 is 2.58 bits per heavy atom. The molecule has 1 aliphatic heterocycles. The van der Waals surface area contributed by atoms with E-state index in [1.54, 1.807) is 11.0 Å². The molecule has 3 N–H and O–H groups in total. The Morgan fingerprint density at radius 2 is 2.00 bits per heavy atom. The highest BCUT2D eigenvalue weighted by Crippen LogP contribution is 2.22. The molecule has 0 saturated carbocycles. The molecule has 1 aliphatic rings. The molecule has 1 fully saturated rings. The molecular formula is C16H25ClN3O3S+. The number of benzene rings is 1. The minimum absolute atomic E-state index is 0.0819. The lowest BCUT2D eigenvalue weighted by Gasteiger charge is -2.29. The van der Waals surface area contributed by atoms with Crippen molar-refractivity contribution in [2.24, 2.45) is 0 Å². The van der Waals surface area contributed by atoms with Crippen LogP contribution in [0.5, 0.6) is 0 Å². The zero-order valence-electron chi connectivity index (χ0n) is 14.1. The lowest BCUT2D eigenvalue weighted by atomic mass is 10.0. The number of rotatable bonds is 6. The second-order valence-electron chi connectivity index (χ2n) is 6.10. The Kier molecular flexibility index (Phi) is 6.62. The van der Waals surface area contributed by atoms with E-state index < -0.39 is 10.0 Å². The summed E-state index contributed by atoms with van der Waals surface area (Å²) in [6.45, 7) is 5.46. The molecule has 1 amide bonds. The number of halogens is 1. The molecule has 0 aliphatic carbocycles. The van der Waals surface area contributed by atoms with E-state index in [1.807, 2.05) is 0 Å². The van der Waals surface area contributed by atoms with Gasteiger partial charge in [0.15, 0.2) is 0 Å². The van der Waals surface area contributed by atoms with Crippen molar-refractivity contribution in [1.29, 1.82) is 0 Å². The third-order valence-electron chi connectivity index (χ3n) is 4.38. The molecule has 2 rings (SSSR count). The van der Waals surface area contributed by atoms with E-state index in [0.717, 1.165) is 25.9 Å². The van der Waals surface area contributed by atoms with Crippen molar-refractivity contribution in [2.75, 3.05) is 26.7 Å². The van der Waals surface area contributed by atoms with Crippen molar-refractivity contribution in [3.8, 4) is 0 Å². The van der Waals surface area contributed by atoms with Gasteiger partial charge in [-0.3, -0.25) is 4.79 Å². The van der Waals surface area contributed by atoms with E-state index in [-0.39, 0.29) is 21.9 Å². The lowest BCUT2D eigenvalue weighted by molar-refractivity contribution is -0.905. The van der Waals surface area contributed by atoms with E-state index in [9.17, 15) is 13.2 Å².